The van der Waals surface area contributed by atoms with Crippen molar-refractivity contribution in [3.05, 3.63) is 52.3 Å². The Morgan fingerprint density at radius 1 is 1.19 bits per heavy atom. The number of benzene rings is 1. The molecule has 0 spiro atoms. The Balaban J connectivity index is 1.60. The third kappa shape index (κ3) is 3.90. The first kappa shape index (κ1) is 23.1. The van der Waals surface area contributed by atoms with Crippen LogP contribution in [0.15, 0.2) is 33.8 Å². The molecule has 0 aliphatic heterocycles. The normalized spacial score (nSPS) is 24.8. The van der Waals surface area contributed by atoms with E-state index in [2.05, 4.69) is 32.4 Å². The van der Waals surface area contributed by atoms with Gasteiger partial charge in [-0.3, -0.25) is 4.79 Å². The van der Waals surface area contributed by atoms with Crippen LogP contribution in [0.4, 0.5) is 0 Å². The van der Waals surface area contributed by atoms with Gasteiger partial charge in [0.2, 0.25) is 11.0 Å². The molecule has 2 aromatic rings. The highest BCUT2D eigenvalue weighted by molar-refractivity contribution is 7.89. The van der Waals surface area contributed by atoms with Crippen LogP contribution in [0.5, 0.6) is 0 Å². The maximum Gasteiger partial charge on any atom is 0.297 e. The second kappa shape index (κ2) is 8.03. The fraction of sp³-hybridized carbons (Fsp3) is 0.560. The first-order chi connectivity index (χ1) is 14.9. The highest BCUT2D eigenvalue weighted by Crippen LogP contribution is 2.55. The van der Waals surface area contributed by atoms with Crippen LogP contribution in [0.2, 0.25) is 0 Å². The van der Waals surface area contributed by atoms with Gasteiger partial charge in [0, 0.05) is 17.5 Å². The zero-order valence-corrected chi connectivity index (χ0v) is 20.3. The van der Waals surface area contributed by atoms with Crippen molar-refractivity contribution in [1.29, 1.82) is 0 Å². The number of fused-ring (bicyclic) bond motifs is 4. The van der Waals surface area contributed by atoms with E-state index >= 15 is 0 Å². The van der Waals surface area contributed by atoms with E-state index in [9.17, 15) is 18.3 Å². The van der Waals surface area contributed by atoms with E-state index in [1.165, 1.54) is 6.07 Å². The molecule has 1 saturated carbocycles. The number of nitrogens with one attached hydrogen (secondary N) is 1. The summed E-state index contributed by atoms with van der Waals surface area (Å²) < 4.78 is 33.9. The predicted molar refractivity (Wildman–Crippen MR) is 122 cm³/mol. The van der Waals surface area contributed by atoms with E-state index in [1.807, 2.05) is 18.2 Å². The molecule has 1 aromatic carbocycles. The number of sulfonamides is 1. The Morgan fingerprint density at radius 2 is 1.81 bits per heavy atom. The highest BCUT2D eigenvalue weighted by atomic mass is 32.2. The zero-order chi connectivity index (χ0) is 23.4. The minimum atomic E-state index is -4.18. The summed E-state index contributed by atoms with van der Waals surface area (Å²) >= 11 is 0. The minimum Gasteiger partial charge on any atom is -0.447 e. The van der Waals surface area contributed by atoms with Gasteiger partial charge in [0.25, 0.3) is 10.0 Å². The van der Waals surface area contributed by atoms with Crippen LogP contribution in [-0.4, -0.2) is 19.4 Å². The molecule has 174 valence electrons. The van der Waals surface area contributed by atoms with E-state index in [0.717, 1.165) is 36.0 Å². The monoisotopic (exact) mass is 459 g/mol. The molecule has 2 bridgehead atoms. The smallest absolute Gasteiger partial charge is 0.297 e. The molecule has 1 aromatic heterocycles. The van der Waals surface area contributed by atoms with Crippen molar-refractivity contribution >= 4 is 15.9 Å². The molecule has 2 aliphatic carbocycles. The van der Waals surface area contributed by atoms with Crippen molar-refractivity contribution in [2.45, 2.75) is 88.7 Å². The average molecular weight is 460 g/mol. The third-order valence-electron chi connectivity index (χ3n) is 7.22. The quantitative estimate of drug-likeness (QED) is 0.654. The van der Waals surface area contributed by atoms with Gasteiger partial charge in [0.05, 0.1) is 12.0 Å². The molecule has 0 saturated heterocycles. The summed E-state index contributed by atoms with van der Waals surface area (Å²) in [7, 11) is -4.18. The van der Waals surface area contributed by atoms with Gasteiger partial charge in [-0.25, -0.2) is 4.72 Å². The lowest BCUT2D eigenvalue weighted by Gasteiger charge is -2.33. The highest BCUT2D eigenvalue weighted by Gasteiger charge is 2.49. The van der Waals surface area contributed by atoms with Crippen LogP contribution in [0.1, 0.15) is 99.6 Å². The van der Waals surface area contributed by atoms with Gasteiger partial charge < -0.3 is 9.52 Å². The molecule has 1 heterocycles. The zero-order valence-electron chi connectivity index (χ0n) is 19.4. The molecule has 3 atom stereocenters. The van der Waals surface area contributed by atoms with Crippen molar-refractivity contribution in [2.75, 3.05) is 0 Å². The summed E-state index contributed by atoms with van der Waals surface area (Å²) in [6, 6.07) is 7.36. The van der Waals surface area contributed by atoms with Crippen molar-refractivity contribution in [3.8, 4) is 0 Å². The molecule has 32 heavy (non-hydrogen) atoms. The number of carbonyl (C=O) groups is 1. The van der Waals surface area contributed by atoms with Crippen LogP contribution in [-0.2, 0) is 26.8 Å². The Bertz CT molecular complexity index is 1120. The standard InChI is InChI=1S/C25H33NO5S/c1-14(2)18-7-6-8-19(15(3)4)20(18)12-22(27)26-32(29,30)23-13-21-24(31-23)16-9-10-17(11-16)25(21,5)28/h6-8,13-17,28H,9-12H2,1-5H3,(H,26,27). The number of hydrogen-bond donors (Lipinski definition) is 2. The van der Waals surface area contributed by atoms with Crippen molar-refractivity contribution in [3.63, 3.8) is 0 Å². The molecule has 2 N–H and O–H groups in total. The fourth-order valence-corrected chi connectivity index (χ4v) is 6.41. The molecule has 3 unspecified atom stereocenters. The molecule has 7 heteroatoms. The van der Waals surface area contributed by atoms with E-state index in [0.29, 0.717) is 11.3 Å². The summed E-state index contributed by atoms with van der Waals surface area (Å²) in [5, 5.41) is 10.7. The molecular weight excluding hydrogens is 426 g/mol. The maximum atomic E-state index is 13.0. The SMILES string of the molecule is CC(C)c1cccc(C(C)C)c1CC(=O)NS(=O)(=O)c1cc2c(o1)C1CCC(C1)C2(C)O. The fourth-order valence-electron chi connectivity index (χ4n) is 5.47. The van der Waals surface area contributed by atoms with E-state index < -0.39 is 21.5 Å². The Labute approximate surface area is 190 Å². The van der Waals surface area contributed by atoms with Gasteiger partial charge >= 0.3 is 0 Å². The molecule has 1 amide bonds. The van der Waals surface area contributed by atoms with Gasteiger partial charge in [-0.05, 0) is 60.6 Å². The van der Waals surface area contributed by atoms with Crippen LogP contribution in [0, 0.1) is 5.92 Å². The second-order valence-electron chi connectivity index (χ2n) is 10.1. The summed E-state index contributed by atoms with van der Waals surface area (Å²) in [6.45, 7) is 9.96. The lowest BCUT2D eigenvalue weighted by atomic mass is 9.76. The molecule has 4 rings (SSSR count). The van der Waals surface area contributed by atoms with Gasteiger partial charge in [-0.1, -0.05) is 45.9 Å². The number of aliphatic hydroxyl groups is 1. The summed E-state index contributed by atoms with van der Waals surface area (Å²) in [4.78, 5) is 12.9. The molecule has 1 fully saturated rings. The topological polar surface area (TPSA) is 96.6 Å². The van der Waals surface area contributed by atoms with Crippen LogP contribution >= 0.6 is 0 Å². The summed E-state index contributed by atoms with van der Waals surface area (Å²) in [5.74, 6) is 0.600. The number of hydrogen-bond acceptors (Lipinski definition) is 5. The Hall–Kier alpha value is -2.12. The van der Waals surface area contributed by atoms with Crippen LogP contribution in [0.25, 0.3) is 0 Å². The summed E-state index contributed by atoms with van der Waals surface area (Å²) in [6.07, 6.45) is 2.54. The maximum absolute atomic E-state index is 13.0. The molecular formula is C25H33NO5S. The first-order valence-electron chi connectivity index (χ1n) is 11.5. The van der Waals surface area contributed by atoms with E-state index in [1.54, 1.807) is 6.92 Å². The number of furan rings is 1. The van der Waals surface area contributed by atoms with Gasteiger partial charge in [-0.15, -0.1) is 0 Å². The average Bonchev–Trinajstić information content (AvgIpc) is 3.33. The Morgan fingerprint density at radius 3 is 2.41 bits per heavy atom. The Kier molecular flexibility index (Phi) is 5.78. The van der Waals surface area contributed by atoms with Crippen molar-refractivity contribution in [1.82, 2.24) is 4.72 Å². The van der Waals surface area contributed by atoms with Gasteiger partial charge in [-0.2, -0.15) is 8.42 Å². The minimum absolute atomic E-state index is 0.0239. The van der Waals surface area contributed by atoms with Crippen molar-refractivity contribution < 1.29 is 22.7 Å². The van der Waals surface area contributed by atoms with E-state index in [-0.39, 0.29) is 35.2 Å². The molecule has 0 radical (unpaired) electrons. The summed E-state index contributed by atoms with van der Waals surface area (Å²) in [5.41, 5.74) is 2.39. The van der Waals surface area contributed by atoms with Crippen LogP contribution in [0.3, 0.4) is 0 Å². The lowest BCUT2D eigenvalue weighted by Crippen LogP contribution is -2.33. The lowest BCUT2D eigenvalue weighted by molar-refractivity contribution is -0.118. The molecule has 6 nitrogen and oxygen atoms in total. The first-order valence-corrected chi connectivity index (χ1v) is 12.9. The van der Waals surface area contributed by atoms with Crippen molar-refractivity contribution in [2.24, 2.45) is 5.92 Å². The molecule has 2 aliphatic rings. The largest absolute Gasteiger partial charge is 0.447 e. The second-order valence-corrected chi connectivity index (χ2v) is 11.7. The number of rotatable bonds is 6. The number of amides is 1. The van der Waals surface area contributed by atoms with Gasteiger partial charge in [0.15, 0.2) is 0 Å². The predicted octanol–water partition coefficient (Wildman–Crippen LogP) is 4.68. The third-order valence-corrected chi connectivity index (χ3v) is 8.45. The van der Waals surface area contributed by atoms with Crippen LogP contribution < -0.4 is 4.72 Å². The van der Waals surface area contributed by atoms with Gasteiger partial charge in [0.1, 0.15) is 5.76 Å². The van der Waals surface area contributed by atoms with E-state index in [4.69, 9.17) is 4.42 Å². The number of carbonyl (C=O) groups excluding carboxylic acids is 1.